The Morgan fingerprint density at radius 1 is 1.45 bits per heavy atom. The third-order valence-electron chi connectivity index (χ3n) is 2.51. The lowest BCUT2D eigenvalue weighted by molar-refractivity contribution is -0.860. The Labute approximate surface area is 67.8 Å². The summed E-state index contributed by atoms with van der Waals surface area (Å²) in [5.74, 6) is 0.379. The highest BCUT2D eigenvalue weighted by Gasteiger charge is 2.19. The molecule has 0 radical (unpaired) electrons. The Bertz CT molecular complexity index is 125. The molecule has 11 heavy (non-hydrogen) atoms. The quantitative estimate of drug-likeness (QED) is 0.452. The van der Waals surface area contributed by atoms with E-state index in [0.717, 1.165) is 25.8 Å². The van der Waals surface area contributed by atoms with Gasteiger partial charge in [0.2, 0.25) is 0 Å². The van der Waals surface area contributed by atoms with Crippen LogP contribution in [0.3, 0.4) is 0 Å². The maximum Gasteiger partial charge on any atom is 0.0785 e. The van der Waals surface area contributed by atoms with E-state index in [-0.39, 0.29) is 11.3 Å². The average molecular weight is 159 g/mol. The van der Waals surface area contributed by atoms with Gasteiger partial charge in [-0.05, 0) is 18.8 Å². The van der Waals surface area contributed by atoms with Crippen LogP contribution in [0.15, 0.2) is 0 Å². The monoisotopic (exact) mass is 159 g/mol. The molecule has 3 heteroatoms. The number of aliphatic hydroxyl groups excluding tert-OH is 1. The van der Waals surface area contributed by atoms with Gasteiger partial charge in [-0.25, -0.2) is 0 Å². The molecule has 0 aromatic rings. The predicted molar refractivity (Wildman–Crippen MR) is 43.7 cm³/mol. The normalized spacial score (nSPS) is 40.1. The van der Waals surface area contributed by atoms with E-state index in [9.17, 15) is 5.21 Å². The van der Waals surface area contributed by atoms with Crippen molar-refractivity contribution in [3.05, 3.63) is 5.21 Å². The molecule has 1 rings (SSSR count). The third-order valence-corrected chi connectivity index (χ3v) is 2.51. The summed E-state index contributed by atoms with van der Waals surface area (Å²) in [7, 11) is 1.72. The van der Waals surface area contributed by atoms with Gasteiger partial charge in [0.25, 0.3) is 0 Å². The summed E-state index contributed by atoms with van der Waals surface area (Å²) < 4.78 is -0.115. The van der Waals surface area contributed by atoms with Crippen molar-refractivity contribution in [2.75, 3.05) is 26.7 Å². The molecule has 0 bridgehead atoms. The second-order valence-electron chi connectivity index (χ2n) is 3.72. The Balaban J connectivity index is 2.39. The summed E-state index contributed by atoms with van der Waals surface area (Å²) in [5.41, 5.74) is 0. The molecule has 1 saturated heterocycles. The topological polar surface area (TPSA) is 43.3 Å². The molecular weight excluding hydrogens is 142 g/mol. The van der Waals surface area contributed by atoms with Gasteiger partial charge in [0.15, 0.2) is 0 Å². The summed E-state index contributed by atoms with van der Waals surface area (Å²) in [6.45, 7) is 1.64. The number of rotatable bonds is 1. The minimum absolute atomic E-state index is 0.115. The van der Waals surface area contributed by atoms with E-state index >= 15 is 0 Å². The summed E-state index contributed by atoms with van der Waals surface area (Å²) in [5, 5.41) is 20.3. The van der Waals surface area contributed by atoms with E-state index in [2.05, 4.69) is 0 Å². The van der Waals surface area contributed by atoms with E-state index in [4.69, 9.17) is 5.11 Å². The Hall–Kier alpha value is -0.120. The van der Waals surface area contributed by atoms with Crippen molar-refractivity contribution in [2.24, 2.45) is 5.92 Å². The second kappa shape index (κ2) is 3.52. The fourth-order valence-corrected chi connectivity index (χ4v) is 1.61. The SMILES string of the molecule is C[N+]1([O-])CCCC(CO)CC1. The average Bonchev–Trinajstić information content (AvgIpc) is 2.10. The van der Waals surface area contributed by atoms with E-state index in [1.807, 2.05) is 0 Å². The Morgan fingerprint density at radius 2 is 2.18 bits per heavy atom. The maximum atomic E-state index is 11.5. The van der Waals surface area contributed by atoms with Crippen molar-refractivity contribution in [1.29, 1.82) is 0 Å². The van der Waals surface area contributed by atoms with Crippen LogP contribution in [-0.4, -0.2) is 36.5 Å². The van der Waals surface area contributed by atoms with Crippen LogP contribution in [0.1, 0.15) is 19.3 Å². The van der Waals surface area contributed by atoms with Gasteiger partial charge in [-0.1, -0.05) is 0 Å². The fraction of sp³-hybridized carbons (Fsp3) is 1.00. The standard InChI is InChI=1S/C8H17NO2/c1-9(11)5-2-3-8(7-10)4-6-9/h8,10H,2-7H2,1H3. The van der Waals surface area contributed by atoms with Crippen LogP contribution < -0.4 is 0 Å². The molecule has 0 amide bonds. The van der Waals surface area contributed by atoms with Crippen LogP contribution in [0, 0.1) is 11.1 Å². The molecule has 0 saturated carbocycles. The first-order chi connectivity index (χ1) is 5.14. The predicted octanol–water partition coefficient (Wildman–Crippen LogP) is 0.723. The van der Waals surface area contributed by atoms with Gasteiger partial charge in [-0.3, -0.25) is 0 Å². The van der Waals surface area contributed by atoms with E-state index in [1.165, 1.54) is 0 Å². The first-order valence-electron chi connectivity index (χ1n) is 4.30. The number of hydrogen-bond donors (Lipinski definition) is 1. The third kappa shape index (κ3) is 2.77. The molecule has 0 aromatic carbocycles. The highest BCUT2D eigenvalue weighted by Crippen LogP contribution is 2.19. The van der Waals surface area contributed by atoms with Crippen molar-refractivity contribution < 1.29 is 9.75 Å². The lowest BCUT2D eigenvalue weighted by Crippen LogP contribution is -2.38. The van der Waals surface area contributed by atoms with Gasteiger partial charge < -0.3 is 15.0 Å². The Morgan fingerprint density at radius 3 is 2.82 bits per heavy atom. The number of hydroxylamine groups is 3. The van der Waals surface area contributed by atoms with Crippen LogP contribution in [0.5, 0.6) is 0 Å². The minimum atomic E-state index is -0.115. The highest BCUT2D eigenvalue weighted by atomic mass is 16.5. The summed E-state index contributed by atoms with van der Waals surface area (Å²) >= 11 is 0. The summed E-state index contributed by atoms with van der Waals surface area (Å²) in [6.07, 6.45) is 2.87. The van der Waals surface area contributed by atoms with Crippen LogP contribution in [-0.2, 0) is 0 Å². The molecule has 1 fully saturated rings. The zero-order valence-electron chi connectivity index (χ0n) is 7.12. The van der Waals surface area contributed by atoms with Crippen LogP contribution in [0.25, 0.3) is 0 Å². The van der Waals surface area contributed by atoms with Gasteiger partial charge in [0, 0.05) is 13.0 Å². The van der Waals surface area contributed by atoms with Crippen LogP contribution in [0.4, 0.5) is 0 Å². The zero-order valence-corrected chi connectivity index (χ0v) is 7.12. The van der Waals surface area contributed by atoms with Gasteiger partial charge in [0.05, 0.1) is 20.1 Å². The summed E-state index contributed by atoms with van der Waals surface area (Å²) in [6, 6.07) is 0. The molecule has 66 valence electrons. The molecule has 1 N–H and O–H groups in total. The first-order valence-corrected chi connectivity index (χ1v) is 4.30. The van der Waals surface area contributed by atoms with Crippen molar-refractivity contribution in [1.82, 2.24) is 0 Å². The molecule has 3 nitrogen and oxygen atoms in total. The minimum Gasteiger partial charge on any atom is -0.633 e. The Kier molecular flexibility index (Phi) is 2.87. The number of hydrogen-bond acceptors (Lipinski definition) is 2. The molecule has 0 aliphatic carbocycles. The van der Waals surface area contributed by atoms with Crippen LogP contribution >= 0.6 is 0 Å². The number of quaternary nitrogens is 1. The molecule has 2 unspecified atom stereocenters. The molecule has 1 aliphatic rings. The molecule has 1 heterocycles. The van der Waals surface area contributed by atoms with Gasteiger partial charge >= 0.3 is 0 Å². The van der Waals surface area contributed by atoms with Gasteiger partial charge in [-0.15, -0.1) is 0 Å². The molecular formula is C8H17NO2. The van der Waals surface area contributed by atoms with Gasteiger partial charge in [-0.2, -0.15) is 0 Å². The molecule has 0 spiro atoms. The lowest BCUT2D eigenvalue weighted by Gasteiger charge is -2.37. The molecule has 2 atom stereocenters. The first kappa shape index (κ1) is 8.97. The number of nitrogens with zero attached hydrogens (tertiary/aromatic N) is 1. The second-order valence-corrected chi connectivity index (χ2v) is 3.72. The molecule has 0 aromatic heterocycles. The fourth-order valence-electron chi connectivity index (χ4n) is 1.61. The molecule has 1 aliphatic heterocycles. The smallest absolute Gasteiger partial charge is 0.0785 e. The largest absolute Gasteiger partial charge is 0.633 e. The van der Waals surface area contributed by atoms with Crippen molar-refractivity contribution in [2.45, 2.75) is 19.3 Å². The maximum absolute atomic E-state index is 11.5. The zero-order chi connectivity index (χ0) is 8.32. The van der Waals surface area contributed by atoms with Crippen molar-refractivity contribution >= 4 is 0 Å². The van der Waals surface area contributed by atoms with Crippen molar-refractivity contribution in [3.8, 4) is 0 Å². The van der Waals surface area contributed by atoms with Gasteiger partial charge in [0.1, 0.15) is 0 Å². The van der Waals surface area contributed by atoms with Crippen LogP contribution in [0.2, 0.25) is 0 Å². The number of aliphatic hydroxyl groups is 1. The summed E-state index contributed by atoms with van der Waals surface area (Å²) in [4.78, 5) is 0. The van der Waals surface area contributed by atoms with E-state index < -0.39 is 0 Å². The highest BCUT2D eigenvalue weighted by molar-refractivity contribution is 4.61. The number of likely N-dealkylation sites (tertiary alicyclic amines) is 1. The van der Waals surface area contributed by atoms with E-state index in [1.54, 1.807) is 7.05 Å². The lowest BCUT2D eigenvalue weighted by atomic mass is 10.0. The van der Waals surface area contributed by atoms with E-state index in [0.29, 0.717) is 12.5 Å². The van der Waals surface area contributed by atoms with Crippen molar-refractivity contribution in [3.63, 3.8) is 0 Å².